The number of carbonyl (C=O) groups is 1. The van der Waals surface area contributed by atoms with Crippen LogP contribution in [0.15, 0.2) is 35.2 Å². The summed E-state index contributed by atoms with van der Waals surface area (Å²) >= 11 is 6.31. The number of halogens is 1. The number of rotatable bonds is 6. The highest BCUT2D eigenvalue weighted by molar-refractivity contribution is 7.89. The largest absolute Gasteiger partial charge is 0.489 e. The number of amides is 1. The van der Waals surface area contributed by atoms with Gasteiger partial charge in [-0.25, -0.2) is 8.42 Å². The second-order valence-electron chi connectivity index (χ2n) is 7.38. The van der Waals surface area contributed by atoms with Crippen LogP contribution in [-0.2, 0) is 16.6 Å². The Hall–Kier alpha value is -2.49. The van der Waals surface area contributed by atoms with Crippen LogP contribution in [0.3, 0.4) is 0 Å². The fourth-order valence-electron chi connectivity index (χ4n) is 3.59. The maximum Gasteiger partial charge on any atom is 0.252 e. The molecular weight excluding hydrogens is 444 g/mol. The molecule has 31 heavy (non-hydrogen) atoms. The molecule has 0 spiro atoms. The minimum absolute atomic E-state index is 0.000659. The van der Waals surface area contributed by atoms with Gasteiger partial charge >= 0.3 is 0 Å². The Labute approximate surface area is 185 Å². The van der Waals surface area contributed by atoms with Crippen molar-refractivity contribution in [2.75, 3.05) is 26.3 Å². The normalized spacial score (nSPS) is 16.7. The Morgan fingerprint density at radius 2 is 1.84 bits per heavy atom. The maximum atomic E-state index is 12.8. The molecule has 1 amide bonds. The van der Waals surface area contributed by atoms with Crippen LogP contribution in [0, 0.1) is 0 Å². The zero-order chi connectivity index (χ0) is 22.0. The van der Waals surface area contributed by atoms with Crippen molar-refractivity contribution >= 4 is 27.5 Å². The van der Waals surface area contributed by atoms with Crippen LogP contribution in [0.2, 0.25) is 5.02 Å². The van der Waals surface area contributed by atoms with Crippen molar-refractivity contribution in [1.29, 1.82) is 0 Å². The molecule has 8 nitrogen and oxygen atoms in total. The van der Waals surface area contributed by atoms with Crippen molar-refractivity contribution < 1.29 is 27.4 Å². The Morgan fingerprint density at radius 1 is 1.10 bits per heavy atom. The fourth-order valence-corrected chi connectivity index (χ4v) is 5.43. The van der Waals surface area contributed by atoms with E-state index >= 15 is 0 Å². The summed E-state index contributed by atoms with van der Waals surface area (Å²) in [4.78, 5) is 12.0. The van der Waals surface area contributed by atoms with E-state index < -0.39 is 15.9 Å². The van der Waals surface area contributed by atoms with Crippen molar-refractivity contribution in [2.24, 2.45) is 5.73 Å². The number of sulfonamides is 1. The third-order valence-electron chi connectivity index (χ3n) is 5.18. The zero-order valence-corrected chi connectivity index (χ0v) is 18.4. The summed E-state index contributed by atoms with van der Waals surface area (Å²) in [6.45, 7) is 2.06. The van der Waals surface area contributed by atoms with Gasteiger partial charge in [0, 0.05) is 19.5 Å². The summed E-state index contributed by atoms with van der Waals surface area (Å²) in [6.07, 6.45) is 2.40. The molecule has 2 aromatic carbocycles. The van der Waals surface area contributed by atoms with Gasteiger partial charge in [-0.3, -0.25) is 4.79 Å². The molecular formula is C21H23ClN2O6S. The van der Waals surface area contributed by atoms with Crippen molar-refractivity contribution in [3.05, 3.63) is 46.5 Å². The topological polar surface area (TPSA) is 108 Å². The molecule has 0 radical (unpaired) electrons. The molecule has 0 unspecified atom stereocenters. The van der Waals surface area contributed by atoms with Gasteiger partial charge in [-0.1, -0.05) is 11.6 Å². The predicted molar refractivity (Wildman–Crippen MR) is 114 cm³/mol. The average molecular weight is 467 g/mol. The number of ether oxygens (including phenoxy) is 3. The third kappa shape index (κ3) is 4.58. The minimum atomic E-state index is -3.68. The molecule has 0 atom stereocenters. The van der Waals surface area contributed by atoms with Gasteiger partial charge < -0.3 is 19.9 Å². The van der Waals surface area contributed by atoms with Crippen molar-refractivity contribution in [3.63, 3.8) is 0 Å². The number of primary amides is 1. The standard InChI is InChI=1S/C21H23ClN2O6S/c22-17-10-14(11-19-20(17)29-9-3-8-28-19)13-30-18-5-4-15(12-16(18)21(23)25)31(26,27)24-6-1-2-7-24/h4-5,10-12H,1-3,6-9,13H2,(H2,23,25). The lowest BCUT2D eigenvalue weighted by Crippen LogP contribution is -2.28. The highest BCUT2D eigenvalue weighted by Gasteiger charge is 2.28. The summed E-state index contributed by atoms with van der Waals surface area (Å²) in [5.41, 5.74) is 6.20. The van der Waals surface area contributed by atoms with E-state index in [0.717, 1.165) is 19.3 Å². The second kappa shape index (κ2) is 8.94. The highest BCUT2D eigenvalue weighted by Crippen LogP contribution is 2.38. The van der Waals surface area contributed by atoms with Crippen molar-refractivity contribution in [1.82, 2.24) is 4.31 Å². The van der Waals surface area contributed by atoms with Crippen molar-refractivity contribution in [3.8, 4) is 17.2 Å². The van der Waals surface area contributed by atoms with E-state index in [1.165, 1.54) is 22.5 Å². The smallest absolute Gasteiger partial charge is 0.252 e. The average Bonchev–Trinajstić information content (AvgIpc) is 3.19. The van der Waals surface area contributed by atoms with Gasteiger partial charge in [-0.15, -0.1) is 0 Å². The second-order valence-corrected chi connectivity index (χ2v) is 9.72. The van der Waals surface area contributed by atoms with Crippen LogP contribution < -0.4 is 19.9 Å². The van der Waals surface area contributed by atoms with Gasteiger partial charge in [0.15, 0.2) is 11.5 Å². The lowest BCUT2D eigenvalue weighted by molar-refractivity contribution is 0.0995. The van der Waals surface area contributed by atoms with Crippen LogP contribution in [0.4, 0.5) is 0 Å². The lowest BCUT2D eigenvalue weighted by atomic mass is 10.2. The van der Waals surface area contributed by atoms with Gasteiger partial charge in [0.1, 0.15) is 12.4 Å². The Kier molecular flexibility index (Phi) is 6.27. The third-order valence-corrected chi connectivity index (χ3v) is 7.35. The van der Waals surface area contributed by atoms with Gasteiger partial charge in [-0.2, -0.15) is 4.31 Å². The molecule has 2 N–H and O–H groups in total. The first-order valence-corrected chi connectivity index (χ1v) is 11.8. The number of hydrogen-bond acceptors (Lipinski definition) is 6. The van der Waals surface area contributed by atoms with Crippen LogP contribution >= 0.6 is 11.6 Å². The quantitative estimate of drug-likeness (QED) is 0.701. The van der Waals surface area contributed by atoms with Gasteiger partial charge in [0.2, 0.25) is 10.0 Å². The number of benzene rings is 2. The van der Waals surface area contributed by atoms with Crippen LogP contribution in [0.25, 0.3) is 0 Å². The molecule has 2 aromatic rings. The van der Waals surface area contributed by atoms with E-state index in [2.05, 4.69) is 0 Å². The zero-order valence-electron chi connectivity index (χ0n) is 16.8. The summed E-state index contributed by atoms with van der Waals surface area (Å²) in [5, 5.41) is 0.403. The van der Waals surface area contributed by atoms with Crippen LogP contribution in [-0.4, -0.2) is 44.9 Å². The molecule has 0 aliphatic carbocycles. The Balaban J connectivity index is 1.57. The molecule has 0 saturated carbocycles. The number of hydrogen-bond donors (Lipinski definition) is 1. The first-order chi connectivity index (χ1) is 14.9. The molecule has 166 valence electrons. The van der Waals surface area contributed by atoms with Gasteiger partial charge in [-0.05, 0) is 48.7 Å². The van der Waals surface area contributed by atoms with E-state index in [-0.39, 0.29) is 22.8 Å². The lowest BCUT2D eigenvalue weighted by Gasteiger charge is -2.17. The molecule has 0 bridgehead atoms. The summed E-state index contributed by atoms with van der Waals surface area (Å²) in [7, 11) is -3.68. The maximum absolute atomic E-state index is 12.8. The molecule has 4 rings (SSSR count). The summed E-state index contributed by atoms with van der Waals surface area (Å²) in [5.74, 6) is 0.448. The summed E-state index contributed by atoms with van der Waals surface area (Å²) < 4.78 is 44.1. The number of carbonyl (C=O) groups excluding carboxylic acids is 1. The Bertz CT molecular complexity index is 1100. The summed E-state index contributed by atoms with van der Waals surface area (Å²) in [6, 6.07) is 7.62. The number of nitrogens with two attached hydrogens (primary N) is 1. The number of nitrogens with zero attached hydrogens (tertiary/aromatic N) is 1. The monoisotopic (exact) mass is 466 g/mol. The molecule has 0 aromatic heterocycles. The van der Waals surface area contributed by atoms with Gasteiger partial charge in [0.05, 0.1) is 28.7 Å². The van der Waals surface area contributed by atoms with Gasteiger partial charge in [0.25, 0.3) is 5.91 Å². The first kappa shape index (κ1) is 21.7. The van der Waals surface area contributed by atoms with E-state index in [0.29, 0.717) is 48.4 Å². The minimum Gasteiger partial charge on any atom is -0.489 e. The highest BCUT2D eigenvalue weighted by atomic mass is 35.5. The van der Waals surface area contributed by atoms with Crippen molar-refractivity contribution in [2.45, 2.75) is 30.8 Å². The Morgan fingerprint density at radius 3 is 2.58 bits per heavy atom. The van der Waals surface area contributed by atoms with Crippen LogP contribution in [0.1, 0.15) is 35.2 Å². The first-order valence-electron chi connectivity index (χ1n) is 10.0. The molecule has 2 aliphatic heterocycles. The number of fused-ring (bicyclic) bond motifs is 1. The SMILES string of the molecule is NC(=O)c1cc(S(=O)(=O)N2CCCC2)ccc1OCc1cc(Cl)c2c(c1)OCCCO2. The molecule has 2 aliphatic rings. The van der Waals surface area contributed by atoms with E-state index in [4.69, 9.17) is 31.5 Å². The van der Waals surface area contributed by atoms with Crippen LogP contribution in [0.5, 0.6) is 17.2 Å². The predicted octanol–water partition coefficient (Wildman–Crippen LogP) is 2.96. The molecule has 1 saturated heterocycles. The molecule has 10 heteroatoms. The fraction of sp³-hybridized carbons (Fsp3) is 0.381. The molecule has 1 fully saturated rings. The molecule has 2 heterocycles. The van der Waals surface area contributed by atoms with E-state index in [1.807, 2.05) is 0 Å². The van der Waals surface area contributed by atoms with E-state index in [1.54, 1.807) is 12.1 Å². The van der Waals surface area contributed by atoms with E-state index in [9.17, 15) is 13.2 Å².